The van der Waals surface area contributed by atoms with E-state index >= 15 is 0 Å². The second kappa shape index (κ2) is 8.66. The molecule has 0 atom stereocenters. The summed E-state index contributed by atoms with van der Waals surface area (Å²) in [6, 6.07) is 12.0. The predicted molar refractivity (Wildman–Crippen MR) is 113 cm³/mol. The van der Waals surface area contributed by atoms with Crippen LogP contribution in [0.25, 0.3) is 11.1 Å². The van der Waals surface area contributed by atoms with E-state index in [1.165, 1.54) is 34.2 Å². The van der Waals surface area contributed by atoms with Crippen LogP contribution in [0.2, 0.25) is 0 Å². The summed E-state index contributed by atoms with van der Waals surface area (Å²) < 4.78 is 39.1. The molecule has 0 saturated carbocycles. The van der Waals surface area contributed by atoms with Gasteiger partial charge >= 0.3 is 5.76 Å². The number of hydrogen-bond donors (Lipinski definition) is 1. The molecule has 3 aromatic rings. The normalized spacial score (nSPS) is 14.5. The maximum absolute atomic E-state index is 13.2. The number of aromatic nitrogens is 1. The van der Waals surface area contributed by atoms with Gasteiger partial charge in [-0.25, -0.2) is 13.2 Å². The summed E-state index contributed by atoms with van der Waals surface area (Å²) in [6.07, 6.45) is 0.640. The number of benzene rings is 2. The Hall–Kier alpha value is -2.95. The van der Waals surface area contributed by atoms with Crippen molar-refractivity contribution in [1.82, 2.24) is 14.2 Å². The Balaban J connectivity index is 1.58. The van der Waals surface area contributed by atoms with Crippen molar-refractivity contribution in [2.75, 3.05) is 26.8 Å². The average molecular weight is 445 g/mol. The molecule has 0 unspecified atom stereocenters. The van der Waals surface area contributed by atoms with Crippen LogP contribution in [0.4, 0.5) is 0 Å². The van der Waals surface area contributed by atoms with Gasteiger partial charge in [-0.2, -0.15) is 4.31 Å². The van der Waals surface area contributed by atoms with E-state index in [1.54, 1.807) is 0 Å². The molecule has 0 saturated heterocycles. The SMILES string of the molecule is COCCNC(=O)Cn1c(=O)oc2cc(S(=O)(=O)N3CCc4ccccc4C3)ccc21. The highest BCUT2D eigenvalue weighted by atomic mass is 32.2. The van der Waals surface area contributed by atoms with Crippen LogP contribution >= 0.6 is 0 Å². The number of hydrogen-bond acceptors (Lipinski definition) is 6. The molecule has 1 aliphatic rings. The second-order valence-electron chi connectivity index (χ2n) is 7.28. The second-order valence-corrected chi connectivity index (χ2v) is 9.22. The smallest absolute Gasteiger partial charge is 0.408 e. The van der Waals surface area contributed by atoms with Crippen molar-refractivity contribution < 1.29 is 22.4 Å². The maximum Gasteiger partial charge on any atom is 0.420 e. The molecule has 0 bridgehead atoms. The standard InChI is InChI=1S/C21H23N3O6S/c1-29-11-9-22-20(25)14-24-18-7-6-17(12-19(18)30-21(24)26)31(27,28)23-10-8-15-4-2-3-5-16(15)13-23/h2-7,12H,8-11,13-14H2,1H3,(H,22,25). The van der Waals surface area contributed by atoms with Crippen LogP contribution in [-0.4, -0.2) is 50.0 Å². The zero-order valence-electron chi connectivity index (χ0n) is 17.0. The fourth-order valence-corrected chi connectivity index (χ4v) is 5.11. The lowest BCUT2D eigenvalue weighted by molar-refractivity contribution is -0.121. The van der Waals surface area contributed by atoms with Gasteiger partial charge in [-0.05, 0) is 29.7 Å². The number of carbonyl (C=O) groups is 1. The highest BCUT2D eigenvalue weighted by Gasteiger charge is 2.29. The van der Waals surface area contributed by atoms with E-state index in [1.807, 2.05) is 24.3 Å². The van der Waals surface area contributed by atoms with Gasteiger partial charge in [-0.1, -0.05) is 24.3 Å². The molecule has 164 valence electrons. The number of nitrogens with zero attached hydrogens (tertiary/aromatic N) is 2. The number of oxazole rings is 1. The van der Waals surface area contributed by atoms with E-state index in [9.17, 15) is 18.0 Å². The Morgan fingerprint density at radius 3 is 2.74 bits per heavy atom. The van der Waals surface area contributed by atoms with Crippen molar-refractivity contribution in [3.05, 3.63) is 64.1 Å². The zero-order valence-corrected chi connectivity index (χ0v) is 17.9. The summed E-state index contributed by atoms with van der Waals surface area (Å²) in [7, 11) is -2.25. The average Bonchev–Trinajstić information content (AvgIpc) is 3.07. The van der Waals surface area contributed by atoms with Crippen LogP contribution in [0.15, 0.2) is 56.6 Å². The predicted octanol–water partition coefficient (Wildman–Crippen LogP) is 1.10. The first-order valence-electron chi connectivity index (χ1n) is 9.86. The van der Waals surface area contributed by atoms with Gasteiger partial charge in [0.25, 0.3) is 0 Å². The van der Waals surface area contributed by atoms with Gasteiger partial charge in [0.2, 0.25) is 15.9 Å². The molecule has 1 amide bonds. The Morgan fingerprint density at radius 2 is 1.97 bits per heavy atom. The number of ether oxygens (including phenoxy) is 1. The lowest BCUT2D eigenvalue weighted by Crippen LogP contribution is -2.35. The first-order valence-corrected chi connectivity index (χ1v) is 11.3. The van der Waals surface area contributed by atoms with Crippen LogP contribution < -0.4 is 11.1 Å². The first kappa shape index (κ1) is 21.3. The number of fused-ring (bicyclic) bond motifs is 2. The molecular weight excluding hydrogens is 422 g/mol. The van der Waals surface area contributed by atoms with Crippen LogP contribution in [0.5, 0.6) is 0 Å². The molecule has 0 fully saturated rings. The minimum Gasteiger partial charge on any atom is -0.408 e. The number of rotatable bonds is 7. The number of sulfonamides is 1. The van der Waals surface area contributed by atoms with Crippen LogP contribution in [0, 0.1) is 0 Å². The van der Waals surface area contributed by atoms with E-state index < -0.39 is 15.8 Å². The van der Waals surface area contributed by atoms with E-state index in [0.29, 0.717) is 38.2 Å². The summed E-state index contributed by atoms with van der Waals surface area (Å²) in [6.45, 7) is 1.12. The third kappa shape index (κ3) is 4.27. The molecule has 4 rings (SSSR count). The maximum atomic E-state index is 13.2. The van der Waals surface area contributed by atoms with Crippen LogP contribution in [0.3, 0.4) is 0 Å². The third-order valence-electron chi connectivity index (χ3n) is 5.30. The van der Waals surface area contributed by atoms with Crippen molar-refractivity contribution in [2.24, 2.45) is 0 Å². The molecule has 31 heavy (non-hydrogen) atoms. The summed E-state index contributed by atoms with van der Waals surface area (Å²) in [5, 5.41) is 2.63. The third-order valence-corrected chi connectivity index (χ3v) is 7.14. The first-order chi connectivity index (χ1) is 14.9. The van der Waals surface area contributed by atoms with Gasteiger partial charge in [0.1, 0.15) is 6.54 Å². The molecular formula is C21H23N3O6S. The molecule has 9 nitrogen and oxygen atoms in total. The van der Waals surface area contributed by atoms with Gasteiger partial charge in [-0.3, -0.25) is 9.36 Å². The minimum atomic E-state index is -3.77. The lowest BCUT2D eigenvalue weighted by Gasteiger charge is -2.28. The number of nitrogens with one attached hydrogen (secondary N) is 1. The fourth-order valence-electron chi connectivity index (χ4n) is 3.67. The van der Waals surface area contributed by atoms with Crippen LogP contribution in [0.1, 0.15) is 11.1 Å². The molecule has 10 heteroatoms. The number of carbonyl (C=O) groups excluding carboxylic acids is 1. The Labute approximate surface area is 179 Å². The molecule has 0 spiro atoms. The van der Waals surface area contributed by atoms with Gasteiger partial charge in [0, 0.05) is 32.8 Å². The van der Waals surface area contributed by atoms with E-state index in [4.69, 9.17) is 9.15 Å². The highest BCUT2D eigenvalue weighted by molar-refractivity contribution is 7.89. The Morgan fingerprint density at radius 1 is 1.19 bits per heavy atom. The molecule has 0 aliphatic carbocycles. The lowest BCUT2D eigenvalue weighted by atomic mass is 10.0. The topological polar surface area (TPSA) is 111 Å². The highest BCUT2D eigenvalue weighted by Crippen LogP contribution is 2.26. The number of methoxy groups -OCH3 is 1. The summed E-state index contributed by atoms with van der Waals surface area (Å²) in [4.78, 5) is 24.3. The molecule has 1 aliphatic heterocycles. The van der Waals surface area contributed by atoms with E-state index in [-0.39, 0.29) is 22.9 Å². The molecule has 2 aromatic carbocycles. The van der Waals surface area contributed by atoms with Crippen molar-refractivity contribution >= 4 is 27.0 Å². The van der Waals surface area contributed by atoms with Crippen LogP contribution in [-0.2, 0) is 39.1 Å². The molecule has 2 heterocycles. The summed E-state index contributed by atoms with van der Waals surface area (Å²) in [5.41, 5.74) is 2.61. The summed E-state index contributed by atoms with van der Waals surface area (Å²) >= 11 is 0. The zero-order chi connectivity index (χ0) is 22.0. The monoisotopic (exact) mass is 445 g/mol. The van der Waals surface area contributed by atoms with Gasteiger partial charge in [0.05, 0.1) is 17.0 Å². The molecule has 1 N–H and O–H groups in total. The minimum absolute atomic E-state index is 0.0461. The Bertz CT molecular complexity index is 1280. The summed E-state index contributed by atoms with van der Waals surface area (Å²) in [5.74, 6) is -1.09. The van der Waals surface area contributed by atoms with Crippen molar-refractivity contribution in [3.63, 3.8) is 0 Å². The quantitative estimate of drug-likeness (QED) is 0.546. The largest absolute Gasteiger partial charge is 0.420 e. The van der Waals surface area contributed by atoms with Crippen molar-refractivity contribution in [3.8, 4) is 0 Å². The van der Waals surface area contributed by atoms with Gasteiger partial charge in [-0.15, -0.1) is 0 Å². The van der Waals surface area contributed by atoms with Crippen molar-refractivity contribution in [2.45, 2.75) is 24.4 Å². The van der Waals surface area contributed by atoms with Crippen molar-refractivity contribution in [1.29, 1.82) is 0 Å². The fraction of sp³-hybridized carbons (Fsp3) is 0.333. The Kier molecular flexibility index (Phi) is 5.94. The molecule has 1 aromatic heterocycles. The van der Waals surface area contributed by atoms with E-state index in [2.05, 4.69) is 5.32 Å². The number of amides is 1. The molecule has 0 radical (unpaired) electrons. The van der Waals surface area contributed by atoms with Gasteiger partial charge in [0.15, 0.2) is 5.58 Å². The van der Waals surface area contributed by atoms with Gasteiger partial charge < -0.3 is 14.5 Å². The van der Waals surface area contributed by atoms with E-state index in [0.717, 1.165) is 11.1 Å².